The normalized spacial score (nSPS) is 19.0. The summed E-state index contributed by atoms with van der Waals surface area (Å²) >= 11 is 0. The molecule has 1 unspecified atom stereocenters. The second-order valence-electron chi connectivity index (χ2n) is 4.18. The monoisotopic (exact) mass is 221 g/mol. The number of rotatable bonds is 1. The number of carbonyl (C=O) groups is 1. The maximum atomic E-state index is 11.4. The molecule has 0 saturated carbocycles. The SMILES string of the molecule is COC(=O)c1cc2c(nc1O)CCCC2C. The summed E-state index contributed by atoms with van der Waals surface area (Å²) in [4.78, 5) is 15.5. The first kappa shape index (κ1) is 10.9. The van der Waals surface area contributed by atoms with E-state index < -0.39 is 5.97 Å². The lowest BCUT2D eigenvalue weighted by Gasteiger charge is -2.22. The molecule has 2 rings (SSSR count). The third-order valence-electron chi connectivity index (χ3n) is 3.10. The van der Waals surface area contributed by atoms with Crippen LogP contribution in [0.4, 0.5) is 0 Å². The molecule has 0 amide bonds. The van der Waals surface area contributed by atoms with Crippen LogP contribution in [0.3, 0.4) is 0 Å². The van der Waals surface area contributed by atoms with Gasteiger partial charge in [-0.15, -0.1) is 0 Å². The number of hydrogen-bond donors (Lipinski definition) is 1. The Morgan fingerprint density at radius 2 is 2.38 bits per heavy atom. The zero-order valence-electron chi connectivity index (χ0n) is 9.49. The van der Waals surface area contributed by atoms with Crippen LogP contribution >= 0.6 is 0 Å². The standard InChI is InChI=1S/C12H15NO3/c1-7-4-3-5-10-8(7)6-9(11(14)13-10)12(15)16-2/h6-7H,3-5H2,1-2H3,(H,13,14). The molecule has 1 atom stereocenters. The third-order valence-corrected chi connectivity index (χ3v) is 3.10. The van der Waals surface area contributed by atoms with Crippen LogP contribution in [-0.4, -0.2) is 23.2 Å². The lowest BCUT2D eigenvalue weighted by molar-refractivity contribution is 0.0596. The minimum absolute atomic E-state index is 0.162. The second-order valence-corrected chi connectivity index (χ2v) is 4.18. The third kappa shape index (κ3) is 1.75. The quantitative estimate of drug-likeness (QED) is 0.737. The minimum Gasteiger partial charge on any atom is -0.493 e. The fourth-order valence-electron chi connectivity index (χ4n) is 2.17. The Morgan fingerprint density at radius 3 is 3.06 bits per heavy atom. The van der Waals surface area contributed by atoms with Gasteiger partial charge < -0.3 is 9.84 Å². The summed E-state index contributed by atoms with van der Waals surface area (Å²) in [7, 11) is 1.30. The van der Waals surface area contributed by atoms with Gasteiger partial charge in [-0.3, -0.25) is 0 Å². The summed E-state index contributed by atoms with van der Waals surface area (Å²) in [5.74, 6) is -0.370. The molecular weight excluding hydrogens is 206 g/mol. The molecule has 1 N–H and O–H groups in total. The Hall–Kier alpha value is -1.58. The van der Waals surface area contributed by atoms with Crippen LogP contribution in [0.2, 0.25) is 0 Å². The van der Waals surface area contributed by atoms with Crippen LogP contribution in [0, 0.1) is 0 Å². The van der Waals surface area contributed by atoms with Crippen LogP contribution in [0.1, 0.15) is 47.3 Å². The molecule has 0 fully saturated rings. The van der Waals surface area contributed by atoms with Gasteiger partial charge in [0.2, 0.25) is 5.88 Å². The average Bonchev–Trinajstić information content (AvgIpc) is 2.28. The summed E-state index contributed by atoms with van der Waals surface area (Å²) in [6.45, 7) is 2.11. The van der Waals surface area contributed by atoms with Gasteiger partial charge in [0, 0.05) is 5.69 Å². The fourth-order valence-corrected chi connectivity index (χ4v) is 2.17. The van der Waals surface area contributed by atoms with Crippen LogP contribution in [0.25, 0.3) is 0 Å². The number of methoxy groups -OCH3 is 1. The average molecular weight is 221 g/mol. The molecule has 0 aromatic carbocycles. The van der Waals surface area contributed by atoms with E-state index in [1.165, 1.54) is 7.11 Å². The highest BCUT2D eigenvalue weighted by Crippen LogP contribution is 2.33. The van der Waals surface area contributed by atoms with E-state index in [4.69, 9.17) is 0 Å². The summed E-state index contributed by atoms with van der Waals surface area (Å²) in [6.07, 6.45) is 3.05. The minimum atomic E-state index is -0.537. The summed E-state index contributed by atoms with van der Waals surface area (Å²) in [5.41, 5.74) is 2.13. The van der Waals surface area contributed by atoms with Crippen molar-refractivity contribution in [3.8, 4) is 5.88 Å². The predicted molar refractivity (Wildman–Crippen MR) is 58.6 cm³/mol. The highest BCUT2D eigenvalue weighted by Gasteiger charge is 2.22. The molecule has 4 heteroatoms. The number of hydrogen-bond acceptors (Lipinski definition) is 4. The number of carbonyl (C=O) groups excluding carboxylic acids is 1. The largest absolute Gasteiger partial charge is 0.493 e. The Morgan fingerprint density at radius 1 is 1.62 bits per heavy atom. The van der Waals surface area contributed by atoms with Gasteiger partial charge in [-0.2, -0.15) is 0 Å². The first-order valence-corrected chi connectivity index (χ1v) is 5.44. The van der Waals surface area contributed by atoms with Gasteiger partial charge in [0.25, 0.3) is 0 Å². The Labute approximate surface area is 94.3 Å². The van der Waals surface area contributed by atoms with Gasteiger partial charge in [-0.05, 0) is 36.8 Å². The number of aromatic nitrogens is 1. The van der Waals surface area contributed by atoms with E-state index in [-0.39, 0.29) is 11.4 Å². The first-order valence-electron chi connectivity index (χ1n) is 5.44. The molecule has 1 aliphatic rings. The van der Waals surface area contributed by atoms with Gasteiger partial charge in [0.1, 0.15) is 5.56 Å². The van der Waals surface area contributed by atoms with Crippen molar-refractivity contribution in [2.75, 3.05) is 7.11 Å². The smallest absolute Gasteiger partial charge is 0.343 e. The molecule has 1 aliphatic carbocycles. The van der Waals surface area contributed by atoms with Crippen LogP contribution in [0.15, 0.2) is 6.07 Å². The van der Waals surface area contributed by atoms with E-state index in [0.717, 1.165) is 30.5 Å². The van der Waals surface area contributed by atoms with Crippen molar-refractivity contribution in [2.24, 2.45) is 0 Å². The highest BCUT2D eigenvalue weighted by atomic mass is 16.5. The number of aryl methyl sites for hydroxylation is 1. The lowest BCUT2D eigenvalue weighted by Crippen LogP contribution is -2.12. The van der Waals surface area contributed by atoms with Gasteiger partial charge in [-0.25, -0.2) is 9.78 Å². The number of esters is 1. The van der Waals surface area contributed by atoms with Crippen LogP contribution < -0.4 is 0 Å². The second kappa shape index (κ2) is 4.12. The molecule has 0 aliphatic heterocycles. The number of nitrogens with zero attached hydrogens (tertiary/aromatic N) is 1. The first-order chi connectivity index (χ1) is 7.63. The maximum absolute atomic E-state index is 11.4. The van der Waals surface area contributed by atoms with Gasteiger partial charge in [-0.1, -0.05) is 6.92 Å². The summed E-state index contributed by atoms with van der Waals surface area (Å²) in [6, 6.07) is 1.72. The van der Waals surface area contributed by atoms with Crippen molar-refractivity contribution in [3.05, 3.63) is 22.9 Å². The van der Waals surface area contributed by atoms with Crippen LogP contribution in [-0.2, 0) is 11.2 Å². The number of ether oxygens (including phenoxy) is 1. The highest BCUT2D eigenvalue weighted by molar-refractivity contribution is 5.92. The van der Waals surface area contributed by atoms with Crippen molar-refractivity contribution < 1.29 is 14.6 Å². The van der Waals surface area contributed by atoms with E-state index in [9.17, 15) is 9.90 Å². The Bertz CT molecular complexity index is 429. The van der Waals surface area contributed by atoms with E-state index in [2.05, 4.69) is 16.6 Å². The predicted octanol–water partition coefficient (Wildman–Crippen LogP) is 2.01. The number of aromatic hydroxyl groups is 1. The van der Waals surface area contributed by atoms with E-state index >= 15 is 0 Å². The topological polar surface area (TPSA) is 59.4 Å². The fraction of sp³-hybridized carbons (Fsp3) is 0.500. The summed E-state index contributed by atoms with van der Waals surface area (Å²) in [5, 5.41) is 9.64. The molecule has 1 aromatic heterocycles. The lowest BCUT2D eigenvalue weighted by atomic mass is 9.86. The molecule has 0 radical (unpaired) electrons. The van der Waals surface area contributed by atoms with E-state index in [1.807, 2.05) is 0 Å². The van der Waals surface area contributed by atoms with Gasteiger partial charge in [0.05, 0.1) is 7.11 Å². The van der Waals surface area contributed by atoms with Crippen molar-refractivity contribution in [2.45, 2.75) is 32.1 Å². The molecule has 1 aromatic rings. The zero-order chi connectivity index (χ0) is 11.7. The molecule has 4 nitrogen and oxygen atoms in total. The molecule has 0 bridgehead atoms. The molecule has 0 saturated heterocycles. The van der Waals surface area contributed by atoms with Crippen LogP contribution in [0.5, 0.6) is 5.88 Å². The number of fused-ring (bicyclic) bond motifs is 1. The van der Waals surface area contributed by atoms with Crippen molar-refractivity contribution in [3.63, 3.8) is 0 Å². The Balaban J connectivity index is 2.50. The molecule has 16 heavy (non-hydrogen) atoms. The summed E-state index contributed by atoms with van der Waals surface area (Å²) < 4.78 is 4.60. The van der Waals surface area contributed by atoms with Gasteiger partial charge in [0.15, 0.2) is 0 Å². The zero-order valence-corrected chi connectivity index (χ0v) is 9.49. The van der Waals surface area contributed by atoms with E-state index in [0.29, 0.717) is 5.92 Å². The maximum Gasteiger partial charge on any atom is 0.343 e. The van der Waals surface area contributed by atoms with Crippen molar-refractivity contribution >= 4 is 5.97 Å². The molecule has 1 heterocycles. The van der Waals surface area contributed by atoms with E-state index in [1.54, 1.807) is 6.07 Å². The molecule has 86 valence electrons. The van der Waals surface area contributed by atoms with Gasteiger partial charge >= 0.3 is 5.97 Å². The molecule has 0 spiro atoms. The molecular formula is C12H15NO3. The van der Waals surface area contributed by atoms with Crippen molar-refractivity contribution in [1.29, 1.82) is 0 Å². The van der Waals surface area contributed by atoms with Crippen molar-refractivity contribution in [1.82, 2.24) is 4.98 Å². The Kier molecular flexibility index (Phi) is 2.81. The number of pyridine rings is 1.